The summed E-state index contributed by atoms with van der Waals surface area (Å²) < 4.78 is 17.7. The van der Waals surface area contributed by atoms with Crippen LogP contribution in [-0.2, 0) is 15.9 Å². The summed E-state index contributed by atoms with van der Waals surface area (Å²) >= 11 is 0. The molecule has 1 saturated heterocycles. The average Bonchev–Trinajstić information content (AvgIpc) is 3.29. The number of fused-ring (bicyclic) bond motifs is 6. The van der Waals surface area contributed by atoms with E-state index in [1.165, 1.54) is 18.4 Å². The highest BCUT2D eigenvalue weighted by molar-refractivity contribution is 5.41. The average molecular weight is 357 g/mol. The first kappa shape index (κ1) is 18.1. The predicted molar refractivity (Wildman–Crippen MR) is 104 cm³/mol. The summed E-state index contributed by atoms with van der Waals surface area (Å²) in [5, 5.41) is 0. The Kier molecular flexibility index (Phi) is 4.65. The van der Waals surface area contributed by atoms with Gasteiger partial charge >= 0.3 is 0 Å². The van der Waals surface area contributed by atoms with Gasteiger partial charge in [0.1, 0.15) is 5.75 Å². The fraction of sp³-hybridized carbons (Fsp3) is 0.652. The molecule has 0 N–H and O–H groups in total. The Morgan fingerprint density at radius 2 is 1.88 bits per heavy atom. The van der Waals surface area contributed by atoms with Crippen molar-refractivity contribution in [2.75, 3.05) is 20.3 Å². The largest absolute Gasteiger partial charge is 0.497 e. The van der Waals surface area contributed by atoms with Gasteiger partial charge in [-0.2, -0.15) is 0 Å². The monoisotopic (exact) mass is 356 g/mol. The molecule has 0 aromatic heterocycles. The zero-order valence-corrected chi connectivity index (χ0v) is 16.6. The highest BCUT2D eigenvalue weighted by atomic mass is 16.7. The maximum Gasteiger partial charge on any atom is 0.193 e. The first-order chi connectivity index (χ1) is 12.7. The summed E-state index contributed by atoms with van der Waals surface area (Å²) in [6, 6.07) is 6.68. The Morgan fingerprint density at radius 3 is 2.62 bits per heavy atom. The number of hydrogen-bond acceptors (Lipinski definition) is 3. The summed E-state index contributed by atoms with van der Waals surface area (Å²) in [6.45, 7) is 7.84. The first-order valence-corrected chi connectivity index (χ1v) is 10.3. The van der Waals surface area contributed by atoms with Crippen molar-refractivity contribution in [3.63, 3.8) is 0 Å². The third-order valence-corrected chi connectivity index (χ3v) is 7.22. The van der Waals surface area contributed by atoms with Crippen molar-refractivity contribution in [1.29, 1.82) is 0 Å². The van der Waals surface area contributed by atoms with Crippen LogP contribution in [0.25, 0.3) is 0 Å². The molecular formula is C23H32O3. The molecule has 26 heavy (non-hydrogen) atoms. The number of aryl methyl sites for hydroxylation is 1. The Bertz CT molecular complexity index is 689. The Hall–Kier alpha value is -1.32. The molecular weight excluding hydrogens is 324 g/mol. The van der Waals surface area contributed by atoms with Gasteiger partial charge in [-0.1, -0.05) is 32.9 Å². The fourth-order valence-corrected chi connectivity index (χ4v) is 5.97. The van der Waals surface area contributed by atoms with Gasteiger partial charge < -0.3 is 14.2 Å². The van der Waals surface area contributed by atoms with Crippen LogP contribution in [-0.4, -0.2) is 26.1 Å². The Balaban J connectivity index is 0.000000814. The minimum absolute atomic E-state index is 0.0919. The van der Waals surface area contributed by atoms with Crippen molar-refractivity contribution in [1.82, 2.24) is 0 Å². The van der Waals surface area contributed by atoms with E-state index in [0.29, 0.717) is 17.8 Å². The van der Waals surface area contributed by atoms with Gasteiger partial charge in [0.15, 0.2) is 5.79 Å². The minimum atomic E-state index is -0.456. The lowest BCUT2D eigenvalue weighted by Crippen LogP contribution is -2.52. The lowest BCUT2D eigenvalue weighted by molar-refractivity contribution is -0.215. The molecule has 5 rings (SSSR count). The van der Waals surface area contributed by atoms with E-state index in [1.54, 1.807) is 12.7 Å². The summed E-state index contributed by atoms with van der Waals surface area (Å²) in [7, 11) is 1.75. The standard InChI is InChI=1S/C21H26O3.C2H6/c1-20-9-7-17-16-6-4-15(22-2)13-14(16)3-5-18(17)19(20)8-10-21(20)23-11-12-24-21;1-2/h4,6,8,10,13,17-19H,3,5,7,9,11-12H2,1-2H3;1-2H3/t17?,18?,19?,20-;/m0./s1. The van der Waals surface area contributed by atoms with Crippen molar-refractivity contribution in [2.45, 2.75) is 58.2 Å². The van der Waals surface area contributed by atoms with Crippen molar-refractivity contribution >= 4 is 0 Å². The lowest BCUT2D eigenvalue weighted by Gasteiger charge is -2.52. The van der Waals surface area contributed by atoms with E-state index in [1.807, 2.05) is 13.8 Å². The zero-order chi connectivity index (χ0) is 18.4. The molecule has 4 aliphatic rings. The fourth-order valence-electron chi connectivity index (χ4n) is 5.97. The summed E-state index contributed by atoms with van der Waals surface area (Å²) in [4.78, 5) is 0. The highest BCUT2D eigenvalue weighted by Crippen LogP contribution is 2.63. The van der Waals surface area contributed by atoms with Crippen LogP contribution in [0.5, 0.6) is 5.75 Å². The molecule has 4 atom stereocenters. The maximum absolute atomic E-state index is 6.13. The quantitative estimate of drug-likeness (QED) is 0.656. The van der Waals surface area contributed by atoms with Gasteiger partial charge in [0, 0.05) is 5.41 Å². The van der Waals surface area contributed by atoms with Crippen LogP contribution in [0.3, 0.4) is 0 Å². The summed E-state index contributed by atoms with van der Waals surface area (Å²) in [5.74, 6) is 2.46. The number of benzene rings is 1. The van der Waals surface area contributed by atoms with Gasteiger partial charge in [-0.05, 0) is 72.8 Å². The normalized spacial score (nSPS) is 35.9. The van der Waals surface area contributed by atoms with Crippen LogP contribution in [0.4, 0.5) is 0 Å². The number of ether oxygens (including phenoxy) is 3. The van der Waals surface area contributed by atoms with Crippen LogP contribution in [0, 0.1) is 17.3 Å². The van der Waals surface area contributed by atoms with Crippen molar-refractivity contribution in [3.05, 3.63) is 41.5 Å². The second kappa shape index (κ2) is 6.69. The third-order valence-electron chi connectivity index (χ3n) is 7.22. The molecule has 3 heteroatoms. The van der Waals surface area contributed by atoms with Gasteiger partial charge in [-0.25, -0.2) is 0 Å². The second-order valence-corrected chi connectivity index (χ2v) is 8.08. The third kappa shape index (κ3) is 2.40. The number of allylic oxidation sites excluding steroid dienone is 1. The minimum Gasteiger partial charge on any atom is -0.497 e. The Labute approximate surface area is 157 Å². The smallest absolute Gasteiger partial charge is 0.193 e. The topological polar surface area (TPSA) is 27.7 Å². The van der Waals surface area contributed by atoms with Gasteiger partial charge in [-0.3, -0.25) is 0 Å². The zero-order valence-electron chi connectivity index (χ0n) is 16.6. The van der Waals surface area contributed by atoms with Gasteiger partial charge in [0.2, 0.25) is 0 Å². The molecule has 1 aromatic rings. The molecule has 3 nitrogen and oxygen atoms in total. The molecule has 1 heterocycles. The lowest BCUT2D eigenvalue weighted by atomic mass is 9.54. The summed E-state index contributed by atoms with van der Waals surface area (Å²) in [6.07, 6.45) is 9.45. The molecule has 0 amide bonds. The molecule has 142 valence electrons. The molecule has 3 aliphatic carbocycles. The van der Waals surface area contributed by atoms with Gasteiger partial charge in [0.25, 0.3) is 0 Å². The van der Waals surface area contributed by atoms with Crippen LogP contribution in [0.2, 0.25) is 0 Å². The Morgan fingerprint density at radius 1 is 1.12 bits per heavy atom. The molecule has 1 aromatic carbocycles. The van der Waals surface area contributed by atoms with E-state index in [9.17, 15) is 0 Å². The predicted octanol–water partition coefficient (Wildman–Crippen LogP) is 5.10. The van der Waals surface area contributed by atoms with Crippen molar-refractivity contribution in [3.8, 4) is 5.75 Å². The van der Waals surface area contributed by atoms with E-state index in [2.05, 4.69) is 37.3 Å². The van der Waals surface area contributed by atoms with Crippen LogP contribution >= 0.6 is 0 Å². The van der Waals surface area contributed by atoms with Gasteiger partial charge in [-0.15, -0.1) is 0 Å². The number of rotatable bonds is 1. The van der Waals surface area contributed by atoms with Crippen molar-refractivity contribution in [2.24, 2.45) is 17.3 Å². The summed E-state index contributed by atoms with van der Waals surface area (Å²) in [5.41, 5.74) is 3.13. The SMILES string of the molecule is CC.COc1ccc2c(c1)CCC1C2CC[C@@]2(C)C1C=CC21OCCO1. The highest BCUT2D eigenvalue weighted by Gasteiger charge is 2.62. The second-order valence-electron chi connectivity index (χ2n) is 8.08. The number of methoxy groups -OCH3 is 1. The molecule has 1 aliphatic heterocycles. The van der Waals surface area contributed by atoms with Crippen LogP contribution in [0.15, 0.2) is 30.4 Å². The van der Waals surface area contributed by atoms with E-state index in [0.717, 1.165) is 31.8 Å². The molecule has 1 spiro atoms. The van der Waals surface area contributed by atoms with E-state index >= 15 is 0 Å². The molecule has 0 radical (unpaired) electrons. The van der Waals surface area contributed by atoms with Gasteiger partial charge in [0.05, 0.1) is 20.3 Å². The van der Waals surface area contributed by atoms with E-state index in [4.69, 9.17) is 14.2 Å². The molecule has 3 unspecified atom stereocenters. The molecule has 0 bridgehead atoms. The molecule has 2 fully saturated rings. The maximum atomic E-state index is 6.13. The van der Waals surface area contributed by atoms with E-state index < -0.39 is 5.79 Å². The van der Waals surface area contributed by atoms with Crippen molar-refractivity contribution < 1.29 is 14.2 Å². The number of hydrogen-bond donors (Lipinski definition) is 0. The van der Waals surface area contributed by atoms with E-state index in [-0.39, 0.29) is 5.41 Å². The van der Waals surface area contributed by atoms with Crippen LogP contribution < -0.4 is 4.74 Å². The first-order valence-electron chi connectivity index (χ1n) is 10.3. The van der Waals surface area contributed by atoms with Crippen LogP contribution in [0.1, 0.15) is 57.1 Å². The molecule has 1 saturated carbocycles.